The van der Waals surface area contributed by atoms with Crippen molar-refractivity contribution in [1.82, 2.24) is 4.90 Å². The summed E-state index contributed by atoms with van der Waals surface area (Å²) in [5.41, 5.74) is 4.78. The molecular formula is C20H24N2O2S. The number of sulfonamides is 1. The van der Waals surface area contributed by atoms with E-state index >= 15 is 0 Å². The molecule has 0 saturated carbocycles. The molecule has 2 aromatic rings. The van der Waals surface area contributed by atoms with Gasteiger partial charge in [0.05, 0.1) is 24.0 Å². The van der Waals surface area contributed by atoms with E-state index in [1.807, 2.05) is 25.1 Å². The first-order valence-electron chi connectivity index (χ1n) is 9.00. The summed E-state index contributed by atoms with van der Waals surface area (Å²) in [5.74, 6) is 0.205. The Morgan fingerprint density at radius 1 is 1.04 bits per heavy atom. The molecule has 132 valence electrons. The lowest BCUT2D eigenvalue weighted by atomic mass is 9.97. The van der Waals surface area contributed by atoms with Gasteiger partial charge in [-0.2, -0.15) is 0 Å². The van der Waals surface area contributed by atoms with Crippen LogP contribution in [-0.2, 0) is 23.0 Å². The zero-order valence-corrected chi connectivity index (χ0v) is 15.4. The first-order valence-corrected chi connectivity index (χ1v) is 10.6. The van der Waals surface area contributed by atoms with Gasteiger partial charge in [-0.05, 0) is 35.6 Å². The van der Waals surface area contributed by atoms with Crippen LogP contribution in [0.5, 0.6) is 0 Å². The second-order valence-electron chi connectivity index (χ2n) is 6.91. The van der Waals surface area contributed by atoms with Crippen LogP contribution in [0.2, 0.25) is 0 Å². The highest BCUT2D eigenvalue weighted by molar-refractivity contribution is 7.92. The maximum atomic E-state index is 12.7. The summed E-state index contributed by atoms with van der Waals surface area (Å²) in [6.07, 6.45) is 1.67. The highest BCUT2D eigenvalue weighted by Crippen LogP contribution is 2.41. The van der Waals surface area contributed by atoms with Gasteiger partial charge in [-0.15, -0.1) is 0 Å². The number of anilines is 1. The molecule has 0 spiro atoms. The minimum Gasteiger partial charge on any atom is -0.290 e. The molecule has 4 rings (SSSR count). The van der Waals surface area contributed by atoms with E-state index in [2.05, 4.69) is 35.2 Å². The Labute approximate surface area is 150 Å². The van der Waals surface area contributed by atoms with Crippen LogP contribution < -0.4 is 4.31 Å². The molecule has 0 bridgehead atoms. The maximum absolute atomic E-state index is 12.7. The smallest absolute Gasteiger partial charge is 0.235 e. The van der Waals surface area contributed by atoms with Gasteiger partial charge in [-0.3, -0.25) is 9.21 Å². The minimum atomic E-state index is -3.25. The van der Waals surface area contributed by atoms with E-state index in [9.17, 15) is 8.42 Å². The lowest BCUT2D eigenvalue weighted by Gasteiger charge is -2.34. The SMILES string of the molecule is CCCS(=O)(=O)N1CC(N2CCc3ccccc3C2)c2ccccc21. The minimum absolute atomic E-state index is 0.135. The Balaban J connectivity index is 1.66. The second-order valence-corrected chi connectivity index (χ2v) is 8.92. The van der Waals surface area contributed by atoms with Gasteiger partial charge in [0.25, 0.3) is 0 Å². The number of rotatable bonds is 4. The molecule has 0 aromatic heterocycles. The van der Waals surface area contributed by atoms with Crippen LogP contribution in [0.25, 0.3) is 0 Å². The van der Waals surface area contributed by atoms with Gasteiger partial charge in [0, 0.05) is 13.1 Å². The van der Waals surface area contributed by atoms with Gasteiger partial charge >= 0.3 is 0 Å². The van der Waals surface area contributed by atoms with Crippen LogP contribution in [-0.4, -0.2) is 32.2 Å². The van der Waals surface area contributed by atoms with E-state index in [0.717, 1.165) is 30.8 Å². The molecule has 0 fully saturated rings. The average molecular weight is 356 g/mol. The quantitative estimate of drug-likeness (QED) is 0.843. The maximum Gasteiger partial charge on any atom is 0.235 e. The molecule has 0 aliphatic carbocycles. The molecule has 2 aromatic carbocycles. The number of nitrogens with zero attached hydrogens (tertiary/aromatic N) is 2. The summed E-state index contributed by atoms with van der Waals surface area (Å²) < 4.78 is 27.1. The normalized spacial score (nSPS) is 20.4. The predicted molar refractivity (Wildman–Crippen MR) is 101 cm³/mol. The van der Waals surface area contributed by atoms with Crippen molar-refractivity contribution in [2.45, 2.75) is 32.4 Å². The summed E-state index contributed by atoms with van der Waals surface area (Å²) in [4.78, 5) is 2.43. The van der Waals surface area contributed by atoms with Crippen LogP contribution in [0.1, 0.15) is 36.1 Å². The van der Waals surface area contributed by atoms with Crippen LogP contribution in [0.3, 0.4) is 0 Å². The van der Waals surface area contributed by atoms with E-state index in [1.165, 1.54) is 11.1 Å². The van der Waals surface area contributed by atoms with E-state index < -0.39 is 10.0 Å². The fourth-order valence-electron chi connectivity index (χ4n) is 4.08. The lowest BCUT2D eigenvalue weighted by molar-refractivity contribution is 0.191. The molecule has 1 atom stereocenters. The Hall–Kier alpha value is -1.85. The van der Waals surface area contributed by atoms with Crippen LogP contribution in [0.15, 0.2) is 48.5 Å². The fourth-order valence-corrected chi connectivity index (χ4v) is 5.65. The van der Waals surface area contributed by atoms with E-state index in [-0.39, 0.29) is 11.8 Å². The van der Waals surface area contributed by atoms with Crippen molar-refractivity contribution in [2.75, 3.05) is 23.1 Å². The average Bonchev–Trinajstić information content (AvgIpc) is 3.02. The van der Waals surface area contributed by atoms with Crippen molar-refractivity contribution < 1.29 is 8.42 Å². The largest absolute Gasteiger partial charge is 0.290 e. The Morgan fingerprint density at radius 2 is 1.76 bits per heavy atom. The molecule has 1 unspecified atom stereocenters. The third-order valence-electron chi connectivity index (χ3n) is 5.30. The topological polar surface area (TPSA) is 40.6 Å². The van der Waals surface area contributed by atoms with Gasteiger partial charge < -0.3 is 0 Å². The molecule has 5 heteroatoms. The molecule has 2 aliphatic rings. The highest BCUT2D eigenvalue weighted by atomic mass is 32.2. The van der Waals surface area contributed by atoms with Gasteiger partial charge in [-0.25, -0.2) is 8.42 Å². The number of para-hydroxylation sites is 1. The van der Waals surface area contributed by atoms with Crippen molar-refractivity contribution in [3.63, 3.8) is 0 Å². The van der Waals surface area contributed by atoms with Gasteiger partial charge in [0.2, 0.25) is 10.0 Å². The molecule has 2 aliphatic heterocycles. The molecule has 0 amide bonds. The number of hydrogen-bond acceptors (Lipinski definition) is 3. The van der Waals surface area contributed by atoms with Crippen LogP contribution in [0, 0.1) is 0 Å². The molecule has 0 N–H and O–H groups in total. The zero-order valence-electron chi connectivity index (χ0n) is 14.6. The first-order chi connectivity index (χ1) is 12.1. The molecule has 2 heterocycles. The predicted octanol–water partition coefficient (Wildman–Crippen LogP) is 3.35. The summed E-state index contributed by atoms with van der Waals surface area (Å²) in [5, 5.41) is 0. The van der Waals surface area contributed by atoms with Gasteiger partial charge in [0.15, 0.2) is 0 Å². The van der Waals surface area contributed by atoms with Crippen molar-refractivity contribution in [3.8, 4) is 0 Å². The van der Waals surface area contributed by atoms with Crippen molar-refractivity contribution >= 4 is 15.7 Å². The zero-order chi connectivity index (χ0) is 17.4. The van der Waals surface area contributed by atoms with Crippen molar-refractivity contribution in [2.24, 2.45) is 0 Å². The Kier molecular flexibility index (Phi) is 4.29. The van der Waals surface area contributed by atoms with Crippen LogP contribution in [0.4, 0.5) is 5.69 Å². The Morgan fingerprint density at radius 3 is 2.56 bits per heavy atom. The van der Waals surface area contributed by atoms with Crippen molar-refractivity contribution in [3.05, 3.63) is 65.2 Å². The lowest BCUT2D eigenvalue weighted by Crippen LogP contribution is -2.38. The summed E-state index contributed by atoms with van der Waals surface area (Å²) >= 11 is 0. The van der Waals surface area contributed by atoms with E-state index in [1.54, 1.807) is 4.31 Å². The number of fused-ring (bicyclic) bond motifs is 2. The van der Waals surface area contributed by atoms with E-state index in [0.29, 0.717) is 13.0 Å². The molecule has 0 saturated heterocycles. The first kappa shape index (κ1) is 16.6. The van der Waals surface area contributed by atoms with Crippen molar-refractivity contribution in [1.29, 1.82) is 0 Å². The van der Waals surface area contributed by atoms with E-state index in [4.69, 9.17) is 0 Å². The number of benzene rings is 2. The second kappa shape index (κ2) is 6.46. The van der Waals surface area contributed by atoms with Gasteiger partial charge in [0.1, 0.15) is 0 Å². The van der Waals surface area contributed by atoms with Gasteiger partial charge in [-0.1, -0.05) is 49.4 Å². The summed E-state index contributed by atoms with van der Waals surface area (Å²) in [7, 11) is -3.25. The monoisotopic (exact) mass is 356 g/mol. The Bertz CT molecular complexity index is 879. The fraction of sp³-hybridized carbons (Fsp3) is 0.400. The molecule has 4 nitrogen and oxygen atoms in total. The molecule has 0 radical (unpaired) electrons. The third kappa shape index (κ3) is 2.96. The highest BCUT2D eigenvalue weighted by Gasteiger charge is 2.38. The molecular weight excluding hydrogens is 332 g/mol. The molecule has 25 heavy (non-hydrogen) atoms. The van der Waals surface area contributed by atoms with Crippen LogP contribution >= 0.6 is 0 Å². The standard InChI is InChI=1S/C20H24N2O2S/c1-2-13-25(23,24)22-15-20(18-9-5-6-10-19(18)22)21-12-11-16-7-3-4-8-17(16)14-21/h3-10,20H,2,11-15H2,1H3. The number of hydrogen-bond donors (Lipinski definition) is 0. The third-order valence-corrected chi connectivity index (χ3v) is 7.24. The summed E-state index contributed by atoms with van der Waals surface area (Å²) in [6, 6.07) is 16.7. The summed E-state index contributed by atoms with van der Waals surface area (Å²) in [6.45, 7) is 4.30.